The van der Waals surface area contributed by atoms with Crippen LogP contribution in [0.4, 0.5) is 15.9 Å². The minimum atomic E-state index is -0.693. The number of halogens is 1. The van der Waals surface area contributed by atoms with Crippen LogP contribution < -0.4 is 20.5 Å². The van der Waals surface area contributed by atoms with Crippen LogP contribution in [-0.4, -0.2) is 18.0 Å². The zero-order valence-corrected chi connectivity index (χ0v) is 14.8. The number of nitrogens with two attached hydrogens (primary N) is 1. The molecule has 0 aliphatic heterocycles. The number of benzene rings is 2. The van der Waals surface area contributed by atoms with E-state index in [9.17, 15) is 9.18 Å². The van der Waals surface area contributed by atoms with Crippen LogP contribution in [0.5, 0.6) is 17.2 Å². The summed E-state index contributed by atoms with van der Waals surface area (Å²) < 4.78 is 24.4. The highest BCUT2D eigenvalue weighted by Crippen LogP contribution is 2.31. The van der Waals surface area contributed by atoms with Crippen molar-refractivity contribution in [1.29, 1.82) is 0 Å². The third-order valence-electron chi connectivity index (χ3n) is 3.83. The number of amides is 1. The number of aromatic nitrogens is 1. The Morgan fingerprint density at radius 1 is 1.11 bits per heavy atom. The summed E-state index contributed by atoms with van der Waals surface area (Å²) in [5, 5.41) is 2.70. The van der Waals surface area contributed by atoms with Crippen LogP contribution in [0, 0.1) is 12.9 Å². The maximum Gasteiger partial charge on any atom is 0.259 e. The Balaban J connectivity index is 1.72. The molecule has 0 fully saturated rings. The van der Waals surface area contributed by atoms with Gasteiger partial charge in [-0.15, -0.1) is 0 Å². The van der Waals surface area contributed by atoms with Gasteiger partial charge in [0, 0.05) is 11.3 Å². The normalized spacial score (nSPS) is 10.3. The van der Waals surface area contributed by atoms with Crippen LogP contribution in [0.15, 0.2) is 54.6 Å². The molecule has 138 valence electrons. The fourth-order valence-electron chi connectivity index (χ4n) is 2.42. The number of rotatable bonds is 5. The molecule has 0 bridgehead atoms. The average molecular weight is 367 g/mol. The number of ether oxygens (including phenoxy) is 2. The van der Waals surface area contributed by atoms with Gasteiger partial charge < -0.3 is 20.5 Å². The molecule has 0 spiro atoms. The van der Waals surface area contributed by atoms with Crippen molar-refractivity contribution in [3.05, 3.63) is 71.7 Å². The van der Waals surface area contributed by atoms with Gasteiger partial charge in [0.2, 0.25) is 5.95 Å². The first-order valence-electron chi connectivity index (χ1n) is 8.13. The molecule has 0 saturated heterocycles. The number of aryl methyl sites for hydroxylation is 1. The fraction of sp³-hybridized carbons (Fsp3) is 0.100. The predicted molar refractivity (Wildman–Crippen MR) is 101 cm³/mol. The zero-order valence-electron chi connectivity index (χ0n) is 14.8. The Labute approximate surface area is 155 Å². The van der Waals surface area contributed by atoms with Gasteiger partial charge in [-0.3, -0.25) is 4.79 Å². The van der Waals surface area contributed by atoms with Gasteiger partial charge in [0.05, 0.1) is 12.7 Å². The molecular formula is C20H18FN3O3. The summed E-state index contributed by atoms with van der Waals surface area (Å²) in [6.45, 7) is 1.52. The summed E-state index contributed by atoms with van der Waals surface area (Å²) in [5.41, 5.74) is 6.53. The maximum atomic E-state index is 13.4. The molecule has 3 rings (SSSR count). The van der Waals surface area contributed by atoms with Gasteiger partial charge in [-0.1, -0.05) is 12.1 Å². The van der Waals surface area contributed by atoms with E-state index in [-0.39, 0.29) is 16.9 Å². The van der Waals surface area contributed by atoms with Gasteiger partial charge in [-0.05, 0) is 49.4 Å². The molecule has 3 aromatic rings. The molecule has 0 radical (unpaired) electrons. The topological polar surface area (TPSA) is 86.5 Å². The number of anilines is 2. The number of hydrogen-bond donors (Lipinski definition) is 2. The molecule has 6 nitrogen and oxygen atoms in total. The lowest BCUT2D eigenvalue weighted by Gasteiger charge is -2.11. The minimum Gasteiger partial charge on any atom is -0.493 e. The van der Waals surface area contributed by atoms with Gasteiger partial charge in [0.1, 0.15) is 11.6 Å². The second-order valence-corrected chi connectivity index (χ2v) is 5.76. The smallest absolute Gasteiger partial charge is 0.259 e. The monoisotopic (exact) mass is 367 g/mol. The number of carbonyl (C=O) groups is 1. The number of methoxy groups -OCH3 is 1. The Hall–Kier alpha value is -3.61. The molecule has 0 saturated carbocycles. The summed E-state index contributed by atoms with van der Waals surface area (Å²) in [7, 11) is 1.57. The van der Waals surface area contributed by atoms with Gasteiger partial charge in [-0.25, -0.2) is 4.98 Å². The SMILES string of the molecule is COc1ccccc1Oc1ccc(NC(=O)c2cc(C)c(F)nc2N)cc1. The first-order valence-corrected chi connectivity index (χ1v) is 8.13. The number of carbonyl (C=O) groups excluding carboxylic acids is 1. The van der Waals surface area contributed by atoms with Crippen LogP contribution >= 0.6 is 0 Å². The van der Waals surface area contributed by atoms with Gasteiger partial charge >= 0.3 is 0 Å². The van der Waals surface area contributed by atoms with Crippen molar-refractivity contribution in [3.63, 3.8) is 0 Å². The first-order chi connectivity index (χ1) is 13.0. The number of para-hydroxylation sites is 2. The Kier molecular flexibility index (Phi) is 5.21. The Morgan fingerprint density at radius 2 is 1.78 bits per heavy atom. The lowest BCUT2D eigenvalue weighted by molar-refractivity contribution is 0.102. The maximum absolute atomic E-state index is 13.4. The number of nitrogen functional groups attached to an aromatic ring is 1. The molecule has 0 aliphatic rings. The van der Waals surface area contributed by atoms with Crippen LogP contribution in [0.25, 0.3) is 0 Å². The van der Waals surface area contributed by atoms with E-state index in [1.807, 2.05) is 12.1 Å². The van der Waals surface area contributed by atoms with Crippen LogP contribution in [0.3, 0.4) is 0 Å². The molecular weight excluding hydrogens is 349 g/mol. The number of nitrogens with zero attached hydrogens (tertiary/aromatic N) is 1. The second-order valence-electron chi connectivity index (χ2n) is 5.76. The second kappa shape index (κ2) is 7.74. The molecule has 1 aromatic heterocycles. The molecule has 2 aromatic carbocycles. The third-order valence-corrected chi connectivity index (χ3v) is 3.83. The van der Waals surface area contributed by atoms with E-state index in [0.29, 0.717) is 22.9 Å². The highest BCUT2D eigenvalue weighted by Gasteiger charge is 2.14. The summed E-state index contributed by atoms with van der Waals surface area (Å²) in [5.74, 6) is 0.452. The Morgan fingerprint density at radius 3 is 2.44 bits per heavy atom. The Bertz CT molecular complexity index is 975. The molecule has 1 heterocycles. The number of pyridine rings is 1. The van der Waals surface area contributed by atoms with Crippen molar-refractivity contribution in [1.82, 2.24) is 4.98 Å². The fourth-order valence-corrected chi connectivity index (χ4v) is 2.42. The predicted octanol–water partition coefficient (Wildman–Crippen LogP) is 4.16. The summed E-state index contributed by atoms with van der Waals surface area (Å²) in [4.78, 5) is 15.9. The minimum absolute atomic E-state index is 0.114. The number of nitrogens with one attached hydrogen (secondary N) is 1. The molecule has 0 unspecified atom stereocenters. The molecule has 7 heteroatoms. The summed E-state index contributed by atoms with van der Waals surface area (Å²) >= 11 is 0. The van der Waals surface area contributed by atoms with Crippen molar-refractivity contribution in [3.8, 4) is 17.2 Å². The van der Waals surface area contributed by atoms with Crippen molar-refractivity contribution >= 4 is 17.4 Å². The quantitative estimate of drug-likeness (QED) is 0.661. The molecule has 0 aliphatic carbocycles. The summed E-state index contributed by atoms with van der Waals surface area (Å²) in [6.07, 6.45) is 0. The molecule has 0 atom stereocenters. The molecule has 27 heavy (non-hydrogen) atoms. The van der Waals surface area contributed by atoms with Crippen LogP contribution in [-0.2, 0) is 0 Å². The third kappa shape index (κ3) is 4.14. The highest BCUT2D eigenvalue weighted by atomic mass is 19.1. The van der Waals surface area contributed by atoms with E-state index in [0.717, 1.165) is 0 Å². The number of hydrogen-bond acceptors (Lipinski definition) is 5. The lowest BCUT2D eigenvalue weighted by atomic mass is 10.1. The van der Waals surface area contributed by atoms with Crippen molar-refractivity contribution in [2.24, 2.45) is 0 Å². The largest absolute Gasteiger partial charge is 0.493 e. The van der Waals surface area contributed by atoms with Gasteiger partial charge in [0.25, 0.3) is 5.91 Å². The van der Waals surface area contributed by atoms with Crippen LogP contribution in [0.2, 0.25) is 0 Å². The molecule has 1 amide bonds. The van der Waals surface area contributed by atoms with E-state index < -0.39 is 11.9 Å². The zero-order chi connectivity index (χ0) is 19.4. The van der Waals surface area contributed by atoms with Crippen molar-refractivity contribution < 1.29 is 18.7 Å². The molecule has 3 N–H and O–H groups in total. The van der Waals surface area contributed by atoms with Gasteiger partial charge in [0.15, 0.2) is 11.5 Å². The van der Waals surface area contributed by atoms with Crippen molar-refractivity contribution in [2.45, 2.75) is 6.92 Å². The van der Waals surface area contributed by atoms with E-state index in [4.69, 9.17) is 15.2 Å². The van der Waals surface area contributed by atoms with E-state index in [2.05, 4.69) is 10.3 Å². The lowest BCUT2D eigenvalue weighted by Crippen LogP contribution is -2.16. The van der Waals surface area contributed by atoms with Crippen molar-refractivity contribution in [2.75, 3.05) is 18.2 Å². The first kappa shape index (κ1) is 18.2. The standard InChI is InChI=1S/C20H18FN3O3/c1-12-11-15(19(22)24-18(12)21)20(25)23-13-7-9-14(10-8-13)27-17-6-4-3-5-16(17)26-2/h3-11H,1-2H3,(H2,22,24)(H,23,25). The van der Waals surface area contributed by atoms with E-state index in [1.54, 1.807) is 43.5 Å². The van der Waals surface area contributed by atoms with Gasteiger partial charge in [-0.2, -0.15) is 4.39 Å². The average Bonchev–Trinajstić information content (AvgIpc) is 2.66. The summed E-state index contributed by atoms with van der Waals surface area (Å²) in [6, 6.07) is 15.4. The van der Waals surface area contributed by atoms with E-state index in [1.165, 1.54) is 13.0 Å². The van der Waals surface area contributed by atoms with Crippen LogP contribution in [0.1, 0.15) is 15.9 Å². The highest BCUT2D eigenvalue weighted by molar-refractivity contribution is 6.07. The van der Waals surface area contributed by atoms with E-state index >= 15 is 0 Å².